The number of thiophene rings is 1. The average molecular weight is 235 g/mol. The number of benzene rings is 1. The van der Waals surface area contributed by atoms with E-state index < -0.39 is 0 Å². The summed E-state index contributed by atoms with van der Waals surface area (Å²) in [6.45, 7) is 3.97. The molecule has 0 bridgehead atoms. The largest absolute Gasteiger partial charge is 0.378 e. The van der Waals surface area contributed by atoms with E-state index in [0.29, 0.717) is 0 Å². The molecule has 1 nitrogen and oxygen atoms in total. The quantitative estimate of drug-likeness (QED) is 0.833. The van der Waals surface area contributed by atoms with Crippen LogP contribution in [-0.2, 0) is 0 Å². The van der Waals surface area contributed by atoms with Crippen molar-refractivity contribution in [2.24, 2.45) is 0 Å². The van der Waals surface area contributed by atoms with Gasteiger partial charge in [0.2, 0.25) is 0 Å². The lowest BCUT2D eigenvalue weighted by Crippen LogP contribution is -2.05. The maximum absolute atomic E-state index is 13.2. The first-order chi connectivity index (χ1) is 7.65. The van der Waals surface area contributed by atoms with Crippen LogP contribution in [0.2, 0.25) is 0 Å². The molecule has 0 amide bonds. The van der Waals surface area contributed by atoms with Crippen molar-refractivity contribution >= 4 is 17.0 Å². The molecule has 16 heavy (non-hydrogen) atoms. The van der Waals surface area contributed by atoms with Gasteiger partial charge < -0.3 is 5.32 Å². The number of nitrogens with one attached hydrogen (secondary N) is 1. The Labute approximate surface area is 98.9 Å². The molecular formula is C13H14FNS. The lowest BCUT2D eigenvalue weighted by molar-refractivity contribution is 0.626. The van der Waals surface area contributed by atoms with Gasteiger partial charge in [-0.05, 0) is 49.1 Å². The van der Waals surface area contributed by atoms with E-state index in [0.717, 1.165) is 11.3 Å². The van der Waals surface area contributed by atoms with Crippen molar-refractivity contribution in [1.29, 1.82) is 0 Å². The predicted molar refractivity (Wildman–Crippen MR) is 67.5 cm³/mol. The summed E-state index contributed by atoms with van der Waals surface area (Å²) in [5.41, 5.74) is 1.76. The first-order valence-electron chi connectivity index (χ1n) is 5.22. The van der Waals surface area contributed by atoms with Gasteiger partial charge in [0, 0.05) is 10.6 Å². The minimum atomic E-state index is -0.194. The van der Waals surface area contributed by atoms with E-state index in [4.69, 9.17) is 0 Å². The molecule has 1 atom stereocenters. The molecule has 0 saturated carbocycles. The highest BCUT2D eigenvalue weighted by molar-refractivity contribution is 7.10. The number of anilines is 1. The maximum Gasteiger partial charge on any atom is 0.125 e. The molecule has 1 N–H and O–H groups in total. The van der Waals surface area contributed by atoms with Gasteiger partial charge in [-0.15, -0.1) is 11.3 Å². The van der Waals surface area contributed by atoms with Crippen molar-refractivity contribution in [1.82, 2.24) is 0 Å². The van der Waals surface area contributed by atoms with Crippen molar-refractivity contribution in [2.45, 2.75) is 19.9 Å². The highest BCUT2D eigenvalue weighted by atomic mass is 32.1. The van der Waals surface area contributed by atoms with Crippen molar-refractivity contribution in [3.63, 3.8) is 0 Å². The SMILES string of the molecule is Cc1cc(F)cc(NC(C)c2cccs2)c1. The topological polar surface area (TPSA) is 12.0 Å². The summed E-state index contributed by atoms with van der Waals surface area (Å²) in [5.74, 6) is -0.194. The van der Waals surface area contributed by atoms with Crippen molar-refractivity contribution in [2.75, 3.05) is 5.32 Å². The van der Waals surface area contributed by atoms with Crippen LogP contribution in [-0.4, -0.2) is 0 Å². The van der Waals surface area contributed by atoms with Gasteiger partial charge in [-0.2, -0.15) is 0 Å². The van der Waals surface area contributed by atoms with E-state index >= 15 is 0 Å². The Balaban J connectivity index is 2.15. The lowest BCUT2D eigenvalue weighted by Gasteiger charge is -2.14. The molecule has 0 radical (unpaired) electrons. The standard InChI is InChI=1S/C13H14FNS/c1-9-6-11(14)8-12(7-9)15-10(2)13-4-3-5-16-13/h3-8,10,15H,1-2H3. The number of hydrogen-bond donors (Lipinski definition) is 1. The van der Waals surface area contributed by atoms with Gasteiger partial charge in [-0.3, -0.25) is 0 Å². The molecule has 0 saturated heterocycles. The Bertz CT molecular complexity index is 445. The highest BCUT2D eigenvalue weighted by Crippen LogP contribution is 2.24. The first-order valence-corrected chi connectivity index (χ1v) is 6.10. The molecule has 2 aromatic rings. The molecular weight excluding hydrogens is 221 g/mol. The van der Waals surface area contributed by atoms with Gasteiger partial charge in [-0.25, -0.2) is 4.39 Å². The third-order valence-corrected chi connectivity index (χ3v) is 3.45. The molecule has 84 valence electrons. The van der Waals surface area contributed by atoms with Crippen LogP contribution in [0.4, 0.5) is 10.1 Å². The highest BCUT2D eigenvalue weighted by Gasteiger charge is 2.06. The molecule has 0 aliphatic carbocycles. The molecule has 0 spiro atoms. The van der Waals surface area contributed by atoms with Crippen LogP contribution in [0.15, 0.2) is 35.7 Å². The zero-order chi connectivity index (χ0) is 11.5. The third-order valence-electron chi connectivity index (χ3n) is 2.40. The van der Waals surface area contributed by atoms with Gasteiger partial charge in [0.25, 0.3) is 0 Å². The van der Waals surface area contributed by atoms with E-state index in [1.807, 2.05) is 24.4 Å². The van der Waals surface area contributed by atoms with Crippen LogP contribution in [0.1, 0.15) is 23.4 Å². The van der Waals surface area contributed by atoms with Crippen LogP contribution in [0.5, 0.6) is 0 Å². The number of aryl methyl sites for hydroxylation is 1. The van der Waals surface area contributed by atoms with Crippen LogP contribution in [0.25, 0.3) is 0 Å². The summed E-state index contributed by atoms with van der Waals surface area (Å²) < 4.78 is 13.2. The minimum Gasteiger partial charge on any atom is -0.378 e. The van der Waals surface area contributed by atoms with Crippen LogP contribution in [0, 0.1) is 12.7 Å². The van der Waals surface area contributed by atoms with Crippen LogP contribution in [0.3, 0.4) is 0 Å². The van der Waals surface area contributed by atoms with Crippen LogP contribution >= 0.6 is 11.3 Å². The fourth-order valence-electron chi connectivity index (χ4n) is 1.68. The smallest absolute Gasteiger partial charge is 0.125 e. The summed E-state index contributed by atoms with van der Waals surface area (Å²) in [4.78, 5) is 1.25. The van der Waals surface area contributed by atoms with Gasteiger partial charge in [0.15, 0.2) is 0 Å². The predicted octanol–water partition coefficient (Wildman–Crippen LogP) is 4.37. The monoisotopic (exact) mass is 235 g/mol. The molecule has 1 aromatic carbocycles. The second-order valence-corrected chi connectivity index (χ2v) is 4.88. The fourth-order valence-corrected chi connectivity index (χ4v) is 2.41. The Morgan fingerprint density at radius 1 is 1.31 bits per heavy atom. The summed E-state index contributed by atoms with van der Waals surface area (Å²) >= 11 is 1.70. The molecule has 3 heteroatoms. The van der Waals surface area contributed by atoms with E-state index in [1.165, 1.54) is 17.0 Å². The second-order valence-electron chi connectivity index (χ2n) is 3.90. The van der Waals surface area contributed by atoms with E-state index in [-0.39, 0.29) is 11.9 Å². The zero-order valence-electron chi connectivity index (χ0n) is 9.33. The molecule has 1 unspecified atom stereocenters. The van der Waals surface area contributed by atoms with E-state index in [1.54, 1.807) is 11.3 Å². The Morgan fingerprint density at radius 2 is 2.12 bits per heavy atom. The first kappa shape index (κ1) is 11.1. The average Bonchev–Trinajstić information content (AvgIpc) is 2.68. The van der Waals surface area contributed by atoms with Crippen molar-refractivity contribution < 1.29 is 4.39 Å². The number of halogens is 1. The van der Waals surface area contributed by atoms with Crippen molar-refractivity contribution in [3.05, 3.63) is 52.0 Å². The fraction of sp³-hybridized carbons (Fsp3) is 0.231. The van der Waals surface area contributed by atoms with E-state index in [2.05, 4.69) is 18.3 Å². The lowest BCUT2D eigenvalue weighted by atomic mass is 10.2. The minimum absolute atomic E-state index is 0.194. The maximum atomic E-state index is 13.2. The summed E-state index contributed by atoms with van der Waals surface area (Å²) in [6.07, 6.45) is 0. The number of rotatable bonds is 3. The molecule has 0 aliphatic rings. The molecule has 0 fully saturated rings. The summed E-state index contributed by atoms with van der Waals surface area (Å²) in [7, 11) is 0. The van der Waals surface area contributed by atoms with Crippen molar-refractivity contribution in [3.8, 4) is 0 Å². The Kier molecular flexibility index (Phi) is 3.25. The third kappa shape index (κ3) is 2.61. The second kappa shape index (κ2) is 4.66. The molecule has 1 heterocycles. The van der Waals surface area contributed by atoms with Gasteiger partial charge in [0.1, 0.15) is 5.82 Å². The van der Waals surface area contributed by atoms with E-state index in [9.17, 15) is 4.39 Å². The summed E-state index contributed by atoms with van der Waals surface area (Å²) in [5, 5.41) is 5.34. The molecule has 1 aromatic heterocycles. The van der Waals surface area contributed by atoms with Gasteiger partial charge in [0.05, 0.1) is 6.04 Å². The molecule has 0 aliphatic heterocycles. The van der Waals surface area contributed by atoms with Gasteiger partial charge >= 0.3 is 0 Å². The zero-order valence-corrected chi connectivity index (χ0v) is 10.1. The summed E-state index contributed by atoms with van der Waals surface area (Å²) in [6, 6.07) is 9.32. The Morgan fingerprint density at radius 3 is 2.75 bits per heavy atom. The van der Waals surface area contributed by atoms with Crippen LogP contribution < -0.4 is 5.32 Å². The van der Waals surface area contributed by atoms with Gasteiger partial charge in [-0.1, -0.05) is 6.07 Å². The number of hydrogen-bond acceptors (Lipinski definition) is 2. The normalized spacial score (nSPS) is 12.4. The molecule has 2 rings (SSSR count). The Hall–Kier alpha value is -1.35.